The van der Waals surface area contributed by atoms with Gasteiger partial charge in [-0.1, -0.05) is 29.8 Å². The zero-order valence-corrected chi connectivity index (χ0v) is 21.4. The van der Waals surface area contributed by atoms with Crippen molar-refractivity contribution in [3.8, 4) is 16.9 Å². The summed E-state index contributed by atoms with van der Waals surface area (Å²) in [7, 11) is 0. The number of aromatic nitrogens is 2. The Morgan fingerprint density at radius 2 is 1.89 bits per heavy atom. The molecule has 0 unspecified atom stereocenters. The van der Waals surface area contributed by atoms with Crippen molar-refractivity contribution in [2.45, 2.75) is 45.6 Å². The topological polar surface area (TPSA) is 76.5 Å². The van der Waals surface area contributed by atoms with Gasteiger partial charge in [0.15, 0.2) is 0 Å². The SMILES string of the molecule is Cc1ccc(-n2cc(-c3ccc(Cl)cc3)nc2NC(=O)CN(C[C@@H]2CCCO2)C(=O)C2CC2)cc1C. The van der Waals surface area contributed by atoms with Crippen LogP contribution in [0.3, 0.4) is 0 Å². The van der Waals surface area contributed by atoms with Crippen LogP contribution in [-0.2, 0) is 14.3 Å². The summed E-state index contributed by atoms with van der Waals surface area (Å²) in [5.74, 6) is 0.206. The molecule has 36 heavy (non-hydrogen) atoms. The Bertz CT molecular complexity index is 1260. The number of nitrogens with one attached hydrogen (secondary N) is 1. The Morgan fingerprint density at radius 1 is 1.11 bits per heavy atom. The summed E-state index contributed by atoms with van der Waals surface area (Å²) in [5, 5.41) is 3.61. The highest BCUT2D eigenvalue weighted by Gasteiger charge is 2.35. The van der Waals surface area contributed by atoms with Crippen LogP contribution in [0, 0.1) is 19.8 Å². The van der Waals surface area contributed by atoms with Gasteiger partial charge in [-0.2, -0.15) is 0 Å². The summed E-state index contributed by atoms with van der Waals surface area (Å²) in [6.45, 7) is 5.26. The Labute approximate surface area is 216 Å². The van der Waals surface area contributed by atoms with Crippen molar-refractivity contribution in [1.82, 2.24) is 14.5 Å². The van der Waals surface area contributed by atoms with Crippen LogP contribution < -0.4 is 5.32 Å². The Balaban J connectivity index is 1.41. The third-order valence-electron chi connectivity index (χ3n) is 6.89. The molecule has 2 heterocycles. The van der Waals surface area contributed by atoms with E-state index in [1.165, 1.54) is 5.56 Å². The van der Waals surface area contributed by atoms with Crippen LogP contribution in [0.2, 0.25) is 5.02 Å². The normalized spacial score (nSPS) is 17.2. The van der Waals surface area contributed by atoms with Gasteiger partial charge in [0.2, 0.25) is 17.8 Å². The highest BCUT2D eigenvalue weighted by atomic mass is 35.5. The number of imidazole rings is 1. The van der Waals surface area contributed by atoms with E-state index >= 15 is 0 Å². The van der Waals surface area contributed by atoms with Crippen molar-refractivity contribution >= 4 is 29.4 Å². The maximum absolute atomic E-state index is 13.2. The van der Waals surface area contributed by atoms with Gasteiger partial charge in [-0.05, 0) is 74.9 Å². The fourth-order valence-electron chi connectivity index (χ4n) is 4.49. The van der Waals surface area contributed by atoms with Crippen LogP contribution in [0.4, 0.5) is 5.95 Å². The number of hydrogen-bond donors (Lipinski definition) is 1. The number of carbonyl (C=O) groups excluding carboxylic acids is 2. The lowest BCUT2D eigenvalue weighted by Crippen LogP contribution is -2.43. The van der Waals surface area contributed by atoms with Gasteiger partial charge in [0.1, 0.15) is 6.54 Å². The molecule has 2 aliphatic rings. The Morgan fingerprint density at radius 3 is 2.56 bits per heavy atom. The Hall–Kier alpha value is -3.16. The number of anilines is 1. The lowest BCUT2D eigenvalue weighted by molar-refractivity contribution is -0.137. The number of nitrogens with zero attached hydrogens (tertiary/aromatic N) is 3. The van der Waals surface area contributed by atoms with Crippen molar-refractivity contribution in [2.24, 2.45) is 5.92 Å². The van der Waals surface area contributed by atoms with Gasteiger partial charge in [-0.25, -0.2) is 4.98 Å². The molecule has 2 fully saturated rings. The highest BCUT2D eigenvalue weighted by molar-refractivity contribution is 6.30. The molecule has 1 aliphatic heterocycles. The molecule has 8 heteroatoms. The standard InChI is InChI=1S/C28H31ClN4O3/c1-18-5-12-23(14-19(18)2)33-16-25(20-8-10-22(29)11-9-20)30-28(33)31-26(34)17-32(27(35)21-6-7-21)15-24-4-3-13-36-24/h5,8-12,14,16,21,24H,3-4,6-7,13,15,17H2,1-2H3,(H,30,31,34)/t24-/m0/s1. The first-order chi connectivity index (χ1) is 17.4. The largest absolute Gasteiger partial charge is 0.376 e. The van der Waals surface area contributed by atoms with E-state index in [4.69, 9.17) is 21.3 Å². The zero-order chi connectivity index (χ0) is 25.2. The van der Waals surface area contributed by atoms with Crippen molar-refractivity contribution in [3.05, 3.63) is 64.8 Å². The molecule has 1 saturated carbocycles. The number of carbonyl (C=O) groups is 2. The molecule has 7 nitrogen and oxygen atoms in total. The van der Waals surface area contributed by atoms with Crippen molar-refractivity contribution < 1.29 is 14.3 Å². The number of benzene rings is 2. The molecule has 0 bridgehead atoms. The minimum absolute atomic E-state index is 0.00507. The minimum atomic E-state index is -0.277. The molecular weight excluding hydrogens is 476 g/mol. The van der Waals surface area contributed by atoms with E-state index in [1.807, 2.05) is 41.1 Å². The zero-order valence-electron chi connectivity index (χ0n) is 20.7. The van der Waals surface area contributed by atoms with Crippen LogP contribution in [0.25, 0.3) is 16.9 Å². The van der Waals surface area contributed by atoms with E-state index in [2.05, 4.69) is 31.3 Å². The van der Waals surface area contributed by atoms with Crippen LogP contribution in [0.15, 0.2) is 48.7 Å². The molecule has 5 rings (SSSR count). The van der Waals surface area contributed by atoms with Crippen LogP contribution in [-0.4, -0.2) is 52.1 Å². The predicted molar refractivity (Wildman–Crippen MR) is 140 cm³/mol. The second-order valence-corrected chi connectivity index (χ2v) is 10.2. The van der Waals surface area contributed by atoms with Crippen LogP contribution >= 0.6 is 11.6 Å². The lowest BCUT2D eigenvalue weighted by Gasteiger charge is -2.25. The predicted octanol–water partition coefficient (Wildman–Crippen LogP) is 5.17. The van der Waals surface area contributed by atoms with Crippen LogP contribution in [0.1, 0.15) is 36.8 Å². The van der Waals surface area contributed by atoms with Crippen molar-refractivity contribution in [1.29, 1.82) is 0 Å². The van der Waals surface area contributed by atoms with Gasteiger partial charge in [-0.15, -0.1) is 0 Å². The maximum Gasteiger partial charge on any atom is 0.246 e. The number of hydrogen-bond acceptors (Lipinski definition) is 4. The van der Waals surface area contributed by atoms with Gasteiger partial charge in [-0.3, -0.25) is 19.5 Å². The molecule has 1 aromatic heterocycles. The lowest BCUT2D eigenvalue weighted by atomic mass is 10.1. The minimum Gasteiger partial charge on any atom is -0.376 e. The highest BCUT2D eigenvalue weighted by Crippen LogP contribution is 2.32. The van der Waals surface area contributed by atoms with Gasteiger partial charge < -0.3 is 9.64 Å². The molecule has 1 atom stereocenters. The molecule has 3 aromatic rings. The van der Waals surface area contributed by atoms with E-state index in [0.29, 0.717) is 29.8 Å². The second-order valence-electron chi connectivity index (χ2n) is 9.77. The van der Waals surface area contributed by atoms with E-state index in [-0.39, 0.29) is 30.4 Å². The number of ether oxygens (including phenoxy) is 1. The van der Waals surface area contributed by atoms with Gasteiger partial charge in [0.05, 0.1) is 11.8 Å². The van der Waals surface area contributed by atoms with E-state index < -0.39 is 0 Å². The number of aryl methyl sites for hydroxylation is 2. The number of amides is 2. The average Bonchev–Trinajstić information content (AvgIpc) is 3.43. The van der Waals surface area contributed by atoms with Gasteiger partial charge >= 0.3 is 0 Å². The quantitative estimate of drug-likeness (QED) is 0.457. The number of rotatable bonds is 8. The summed E-state index contributed by atoms with van der Waals surface area (Å²) < 4.78 is 7.62. The van der Waals surface area contributed by atoms with Gasteiger partial charge in [0, 0.05) is 41.5 Å². The van der Waals surface area contributed by atoms with E-state index in [1.54, 1.807) is 4.90 Å². The van der Waals surface area contributed by atoms with E-state index in [0.717, 1.165) is 42.5 Å². The van der Waals surface area contributed by atoms with E-state index in [9.17, 15) is 9.59 Å². The first-order valence-corrected chi connectivity index (χ1v) is 12.9. The first-order valence-electron chi connectivity index (χ1n) is 12.5. The molecule has 188 valence electrons. The fraction of sp³-hybridized carbons (Fsp3) is 0.393. The Kier molecular flexibility index (Phi) is 7.12. The van der Waals surface area contributed by atoms with Gasteiger partial charge in [0.25, 0.3) is 0 Å². The third kappa shape index (κ3) is 5.63. The third-order valence-corrected chi connectivity index (χ3v) is 7.14. The van der Waals surface area contributed by atoms with Crippen molar-refractivity contribution in [3.63, 3.8) is 0 Å². The molecule has 0 radical (unpaired) electrons. The molecular formula is C28H31ClN4O3. The molecule has 1 N–H and O–H groups in total. The molecule has 1 saturated heterocycles. The summed E-state index contributed by atoms with van der Waals surface area (Å²) in [6, 6.07) is 13.6. The number of halogens is 1. The average molecular weight is 507 g/mol. The summed E-state index contributed by atoms with van der Waals surface area (Å²) in [5.41, 5.74) is 4.83. The fourth-order valence-corrected chi connectivity index (χ4v) is 4.62. The smallest absolute Gasteiger partial charge is 0.246 e. The summed E-state index contributed by atoms with van der Waals surface area (Å²) in [6.07, 6.45) is 5.59. The molecule has 2 amide bonds. The molecule has 1 aliphatic carbocycles. The van der Waals surface area contributed by atoms with Crippen LogP contribution in [0.5, 0.6) is 0 Å². The maximum atomic E-state index is 13.2. The summed E-state index contributed by atoms with van der Waals surface area (Å²) in [4.78, 5) is 32.5. The van der Waals surface area contributed by atoms with Crippen molar-refractivity contribution in [2.75, 3.05) is 25.0 Å². The second kappa shape index (κ2) is 10.4. The first kappa shape index (κ1) is 24.5. The monoisotopic (exact) mass is 506 g/mol. The summed E-state index contributed by atoms with van der Waals surface area (Å²) >= 11 is 6.07. The molecule has 0 spiro atoms. The molecule has 2 aromatic carbocycles.